The number of nitrogens with one attached hydrogen (secondary N) is 2. The molecule has 0 spiro atoms. The number of benzene rings is 2. The van der Waals surface area contributed by atoms with Gasteiger partial charge in [-0.15, -0.1) is 0 Å². The highest BCUT2D eigenvalue weighted by atomic mass is 32.2. The van der Waals surface area contributed by atoms with Crippen LogP contribution in [0.15, 0.2) is 54.6 Å². The third-order valence-electron chi connectivity index (χ3n) is 3.76. The normalized spacial score (nSPS) is 19.9. The first-order valence-electron chi connectivity index (χ1n) is 7.36. The molecule has 23 heavy (non-hydrogen) atoms. The Bertz CT molecular complexity index is 819. The zero-order valence-corrected chi connectivity index (χ0v) is 13.5. The number of rotatable bonds is 5. The fourth-order valence-corrected chi connectivity index (χ4v) is 3.17. The summed E-state index contributed by atoms with van der Waals surface area (Å²) in [5, 5.41) is 2.99. The molecule has 2 aromatic rings. The number of hydrogen-bond acceptors (Lipinski definition) is 3. The van der Waals surface area contributed by atoms with Crippen molar-refractivity contribution in [2.24, 2.45) is 0 Å². The minimum absolute atomic E-state index is 0.136. The molecular formula is C17H18N2O3S. The molecule has 1 aliphatic rings. The quantitative estimate of drug-likeness (QED) is 0.883. The van der Waals surface area contributed by atoms with Gasteiger partial charge in [-0.2, -0.15) is 0 Å². The number of carbonyl (C=O) groups excluding carboxylic acids is 1. The van der Waals surface area contributed by atoms with Crippen LogP contribution in [0, 0.1) is 0 Å². The summed E-state index contributed by atoms with van der Waals surface area (Å²) in [6.07, 6.45) is 2.01. The number of anilines is 1. The third kappa shape index (κ3) is 4.10. The van der Waals surface area contributed by atoms with E-state index in [1.54, 1.807) is 18.2 Å². The molecule has 1 saturated carbocycles. The lowest BCUT2D eigenvalue weighted by Gasteiger charge is -2.08. The monoisotopic (exact) mass is 330 g/mol. The first kappa shape index (κ1) is 15.6. The van der Waals surface area contributed by atoms with Gasteiger partial charge >= 0.3 is 0 Å². The second kappa shape index (κ2) is 6.04. The van der Waals surface area contributed by atoms with Crippen LogP contribution in [0.3, 0.4) is 0 Å². The van der Waals surface area contributed by atoms with E-state index in [9.17, 15) is 13.2 Å². The Kier molecular flexibility index (Phi) is 4.09. The molecule has 2 aromatic carbocycles. The highest BCUT2D eigenvalue weighted by Gasteiger charge is 2.39. The molecule has 0 saturated heterocycles. The van der Waals surface area contributed by atoms with Gasteiger partial charge in [0.05, 0.1) is 6.26 Å². The fourth-order valence-electron chi connectivity index (χ4n) is 2.61. The van der Waals surface area contributed by atoms with Crippen LogP contribution < -0.4 is 10.0 Å². The summed E-state index contributed by atoms with van der Waals surface area (Å²) in [7, 11) is -3.36. The van der Waals surface area contributed by atoms with Crippen molar-refractivity contribution in [3.63, 3.8) is 0 Å². The fraction of sp³-hybridized carbons (Fsp3) is 0.235. The molecule has 5 nitrogen and oxygen atoms in total. The van der Waals surface area contributed by atoms with Crippen LogP contribution in [-0.4, -0.2) is 26.6 Å². The van der Waals surface area contributed by atoms with Crippen molar-refractivity contribution in [1.82, 2.24) is 5.32 Å². The molecule has 2 unspecified atom stereocenters. The summed E-state index contributed by atoms with van der Waals surface area (Å²) in [6.45, 7) is 0. The summed E-state index contributed by atoms with van der Waals surface area (Å²) < 4.78 is 24.9. The summed E-state index contributed by atoms with van der Waals surface area (Å²) in [6, 6.07) is 16.7. The second-order valence-electron chi connectivity index (χ2n) is 5.79. The number of sulfonamides is 1. The van der Waals surface area contributed by atoms with Crippen molar-refractivity contribution in [1.29, 1.82) is 0 Å². The Morgan fingerprint density at radius 2 is 1.83 bits per heavy atom. The maximum atomic E-state index is 12.3. The van der Waals surface area contributed by atoms with Crippen LogP contribution in [-0.2, 0) is 10.0 Å². The molecule has 0 aliphatic heterocycles. The standard InChI is InChI=1S/C17H18N2O3S/c1-23(21,22)19-14-9-5-8-13(10-14)17(20)18-16-11-15(16)12-6-3-2-4-7-12/h2-10,15-16,19H,11H2,1H3,(H,18,20). The molecule has 0 heterocycles. The average molecular weight is 330 g/mol. The predicted octanol–water partition coefficient (Wildman–Crippen LogP) is 2.34. The molecule has 6 heteroatoms. The molecule has 120 valence electrons. The summed E-state index contributed by atoms with van der Waals surface area (Å²) in [4.78, 5) is 12.3. The second-order valence-corrected chi connectivity index (χ2v) is 7.54. The predicted molar refractivity (Wildman–Crippen MR) is 90.0 cm³/mol. The summed E-state index contributed by atoms with van der Waals surface area (Å²) in [5.74, 6) is 0.169. The number of hydrogen-bond donors (Lipinski definition) is 2. The van der Waals surface area contributed by atoms with E-state index in [-0.39, 0.29) is 11.9 Å². The lowest BCUT2D eigenvalue weighted by atomic mass is 10.1. The summed E-state index contributed by atoms with van der Waals surface area (Å²) >= 11 is 0. The topological polar surface area (TPSA) is 75.3 Å². The van der Waals surface area contributed by atoms with Crippen LogP contribution in [0.2, 0.25) is 0 Å². The van der Waals surface area contributed by atoms with E-state index in [1.807, 2.05) is 18.2 Å². The van der Waals surface area contributed by atoms with Crippen LogP contribution in [0.25, 0.3) is 0 Å². The Labute approximate surface area is 135 Å². The Morgan fingerprint density at radius 1 is 1.09 bits per heavy atom. The molecule has 2 atom stereocenters. The van der Waals surface area contributed by atoms with E-state index in [0.717, 1.165) is 12.7 Å². The first-order valence-corrected chi connectivity index (χ1v) is 9.25. The van der Waals surface area contributed by atoms with Gasteiger partial charge in [0, 0.05) is 23.2 Å². The molecular weight excluding hydrogens is 312 g/mol. The van der Waals surface area contributed by atoms with Crippen molar-refractivity contribution in [3.8, 4) is 0 Å². The van der Waals surface area contributed by atoms with Gasteiger partial charge in [-0.1, -0.05) is 36.4 Å². The van der Waals surface area contributed by atoms with Crippen LogP contribution in [0.4, 0.5) is 5.69 Å². The van der Waals surface area contributed by atoms with Crippen molar-refractivity contribution >= 4 is 21.6 Å². The Hall–Kier alpha value is -2.34. The van der Waals surface area contributed by atoms with E-state index < -0.39 is 10.0 Å². The number of amides is 1. The van der Waals surface area contributed by atoms with E-state index in [4.69, 9.17) is 0 Å². The lowest BCUT2D eigenvalue weighted by Crippen LogP contribution is -2.26. The molecule has 0 aromatic heterocycles. The summed E-state index contributed by atoms with van der Waals surface area (Å²) in [5.41, 5.74) is 2.05. The van der Waals surface area contributed by atoms with Gasteiger partial charge in [0.2, 0.25) is 10.0 Å². The van der Waals surface area contributed by atoms with Gasteiger partial charge in [-0.05, 0) is 30.2 Å². The highest BCUT2D eigenvalue weighted by Crippen LogP contribution is 2.40. The Balaban J connectivity index is 1.65. The van der Waals surface area contributed by atoms with Crippen molar-refractivity contribution in [2.75, 3.05) is 11.0 Å². The van der Waals surface area contributed by atoms with Gasteiger partial charge in [-0.25, -0.2) is 8.42 Å². The molecule has 1 fully saturated rings. The third-order valence-corrected chi connectivity index (χ3v) is 4.37. The van der Waals surface area contributed by atoms with Crippen LogP contribution >= 0.6 is 0 Å². The van der Waals surface area contributed by atoms with Gasteiger partial charge in [0.1, 0.15) is 0 Å². The van der Waals surface area contributed by atoms with Gasteiger partial charge < -0.3 is 5.32 Å². The van der Waals surface area contributed by atoms with Crippen molar-refractivity contribution < 1.29 is 13.2 Å². The zero-order chi connectivity index (χ0) is 16.4. The lowest BCUT2D eigenvalue weighted by molar-refractivity contribution is 0.0950. The maximum absolute atomic E-state index is 12.3. The van der Waals surface area contributed by atoms with Crippen LogP contribution in [0.1, 0.15) is 28.3 Å². The van der Waals surface area contributed by atoms with Gasteiger partial charge in [0.15, 0.2) is 0 Å². The van der Waals surface area contributed by atoms with Crippen LogP contribution in [0.5, 0.6) is 0 Å². The zero-order valence-electron chi connectivity index (χ0n) is 12.7. The largest absolute Gasteiger partial charge is 0.349 e. The smallest absolute Gasteiger partial charge is 0.251 e. The van der Waals surface area contributed by atoms with Gasteiger partial charge in [-0.3, -0.25) is 9.52 Å². The first-order chi connectivity index (χ1) is 10.9. The highest BCUT2D eigenvalue weighted by molar-refractivity contribution is 7.92. The molecule has 0 bridgehead atoms. The van der Waals surface area contributed by atoms with Gasteiger partial charge in [0.25, 0.3) is 5.91 Å². The Morgan fingerprint density at radius 3 is 2.52 bits per heavy atom. The molecule has 0 radical (unpaired) electrons. The minimum Gasteiger partial charge on any atom is -0.349 e. The van der Waals surface area contributed by atoms with Crippen molar-refractivity contribution in [3.05, 3.63) is 65.7 Å². The molecule has 1 aliphatic carbocycles. The molecule has 3 rings (SSSR count). The van der Waals surface area contributed by atoms with E-state index in [0.29, 0.717) is 17.2 Å². The van der Waals surface area contributed by atoms with E-state index >= 15 is 0 Å². The SMILES string of the molecule is CS(=O)(=O)Nc1cccc(C(=O)NC2CC2c2ccccc2)c1. The average Bonchev–Trinajstić information content (AvgIpc) is 3.26. The van der Waals surface area contributed by atoms with Crippen molar-refractivity contribution in [2.45, 2.75) is 18.4 Å². The molecule has 1 amide bonds. The number of carbonyl (C=O) groups is 1. The minimum atomic E-state index is -3.36. The molecule has 2 N–H and O–H groups in total. The van der Waals surface area contributed by atoms with E-state index in [1.165, 1.54) is 11.6 Å². The van der Waals surface area contributed by atoms with E-state index in [2.05, 4.69) is 22.2 Å². The maximum Gasteiger partial charge on any atom is 0.251 e.